The minimum Gasteiger partial charge on any atom is -0.398 e. The van der Waals surface area contributed by atoms with Gasteiger partial charge in [-0.15, -0.1) is 10.2 Å². The van der Waals surface area contributed by atoms with Crippen molar-refractivity contribution in [3.63, 3.8) is 0 Å². The molecular formula is C12H16ClN5O2S. The lowest BCUT2D eigenvalue weighted by Gasteiger charge is -2.10. The zero-order chi connectivity index (χ0) is 15.6. The number of halogens is 1. The molecule has 7 nitrogen and oxygen atoms in total. The van der Waals surface area contributed by atoms with E-state index >= 15 is 0 Å². The number of nitrogens with two attached hydrogens (primary N) is 1. The first-order chi connectivity index (χ1) is 9.81. The van der Waals surface area contributed by atoms with E-state index in [9.17, 15) is 8.42 Å². The van der Waals surface area contributed by atoms with Crippen LogP contribution in [0.5, 0.6) is 0 Å². The largest absolute Gasteiger partial charge is 0.398 e. The van der Waals surface area contributed by atoms with Gasteiger partial charge in [-0.1, -0.05) is 11.6 Å². The average Bonchev–Trinajstić information content (AvgIpc) is 2.79. The number of hydrogen-bond acceptors (Lipinski definition) is 5. The molecule has 0 saturated heterocycles. The molecular weight excluding hydrogens is 314 g/mol. The van der Waals surface area contributed by atoms with Crippen molar-refractivity contribution in [1.29, 1.82) is 0 Å². The Morgan fingerprint density at radius 3 is 2.76 bits per heavy atom. The SMILES string of the molecule is Cc1cc(Cl)c(S(=O)(=O)NCCc2nncn2C)cc1N. The molecule has 0 aliphatic carbocycles. The van der Waals surface area contributed by atoms with Crippen LogP contribution in [0.15, 0.2) is 23.4 Å². The standard InChI is InChI=1S/C12H16ClN5O2S/c1-8-5-9(13)11(6-10(8)14)21(19,20)16-4-3-12-17-15-7-18(12)2/h5-7,16H,3-4,14H2,1-2H3. The summed E-state index contributed by atoms with van der Waals surface area (Å²) in [6, 6.07) is 2.90. The number of nitrogens with zero attached hydrogens (tertiary/aromatic N) is 3. The number of aryl methyl sites for hydroxylation is 2. The molecule has 0 amide bonds. The van der Waals surface area contributed by atoms with Crippen molar-refractivity contribution in [2.24, 2.45) is 7.05 Å². The first-order valence-electron chi connectivity index (χ1n) is 6.19. The van der Waals surface area contributed by atoms with E-state index in [-0.39, 0.29) is 16.5 Å². The first-order valence-corrected chi connectivity index (χ1v) is 8.05. The van der Waals surface area contributed by atoms with Crippen molar-refractivity contribution < 1.29 is 8.42 Å². The molecule has 21 heavy (non-hydrogen) atoms. The summed E-state index contributed by atoms with van der Waals surface area (Å²) < 4.78 is 28.7. The number of nitrogen functional groups attached to an aromatic ring is 1. The summed E-state index contributed by atoms with van der Waals surface area (Å²) >= 11 is 5.99. The summed E-state index contributed by atoms with van der Waals surface area (Å²) in [4.78, 5) is -0.0229. The summed E-state index contributed by atoms with van der Waals surface area (Å²) in [6.07, 6.45) is 1.98. The second-order valence-electron chi connectivity index (χ2n) is 4.65. The van der Waals surface area contributed by atoms with E-state index in [0.717, 1.165) is 5.56 Å². The average molecular weight is 330 g/mol. The molecule has 9 heteroatoms. The zero-order valence-electron chi connectivity index (χ0n) is 11.7. The molecule has 114 valence electrons. The van der Waals surface area contributed by atoms with Crippen LogP contribution in [-0.2, 0) is 23.5 Å². The molecule has 1 heterocycles. The highest BCUT2D eigenvalue weighted by molar-refractivity contribution is 7.89. The van der Waals surface area contributed by atoms with Gasteiger partial charge in [0.2, 0.25) is 10.0 Å². The van der Waals surface area contributed by atoms with E-state index in [1.165, 1.54) is 12.1 Å². The zero-order valence-corrected chi connectivity index (χ0v) is 13.2. The molecule has 0 aliphatic heterocycles. The van der Waals surface area contributed by atoms with Crippen molar-refractivity contribution in [2.75, 3.05) is 12.3 Å². The molecule has 0 saturated carbocycles. The van der Waals surface area contributed by atoms with Gasteiger partial charge in [-0.25, -0.2) is 13.1 Å². The van der Waals surface area contributed by atoms with Crippen molar-refractivity contribution >= 4 is 27.3 Å². The number of rotatable bonds is 5. The van der Waals surface area contributed by atoms with Crippen LogP contribution in [-0.4, -0.2) is 29.7 Å². The second kappa shape index (κ2) is 6.00. The van der Waals surface area contributed by atoms with Gasteiger partial charge in [-0.2, -0.15) is 0 Å². The van der Waals surface area contributed by atoms with Gasteiger partial charge in [0, 0.05) is 25.7 Å². The van der Waals surface area contributed by atoms with Crippen LogP contribution < -0.4 is 10.5 Å². The Morgan fingerprint density at radius 1 is 1.43 bits per heavy atom. The number of benzene rings is 1. The molecule has 0 radical (unpaired) electrons. The van der Waals surface area contributed by atoms with E-state index in [1.54, 1.807) is 24.9 Å². The molecule has 0 atom stereocenters. The van der Waals surface area contributed by atoms with Crippen molar-refractivity contribution in [3.8, 4) is 0 Å². The molecule has 2 rings (SSSR count). The monoisotopic (exact) mass is 329 g/mol. The lowest BCUT2D eigenvalue weighted by Crippen LogP contribution is -2.27. The molecule has 0 fully saturated rings. The lowest BCUT2D eigenvalue weighted by molar-refractivity contribution is 0.580. The van der Waals surface area contributed by atoms with Crippen molar-refractivity contribution in [2.45, 2.75) is 18.2 Å². The van der Waals surface area contributed by atoms with Crippen LogP contribution in [0.4, 0.5) is 5.69 Å². The van der Waals surface area contributed by atoms with E-state index in [4.69, 9.17) is 17.3 Å². The molecule has 0 unspecified atom stereocenters. The highest BCUT2D eigenvalue weighted by Gasteiger charge is 2.19. The van der Waals surface area contributed by atoms with E-state index in [1.807, 2.05) is 0 Å². The number of sulfonamides is 1. The van der Waals surface area contributed by atoms with Crippen molar-refractivity contribution in [1.82, 2.24) is 19.5 Å². The van der Waals surface area contributed by atoms with Crippen LogP contribution in [0.1, 0.15) is 11.4 Å². The van der Waals surface area contributed by atoms with Crippen LogP contribution in [0.3, 0.4) is 0 Å². The summed E-state index contributed by atoms with van der Waals surface area (Å²) in [7, 11) is -1.92. The Morgan fingerprint density at radius 2 is 2.14 bits per heavy atom. The molecule has 0 spiro atoms. The van der Waals surface area contributed by atoms with E-state index < -0.39 is 10.0 Å². The van der Waals surface area contributed by atoms with Gasteiger partial charge in [-0.05, 0) is 24.6 Å². The Kier molecular flexibility index (Phi) is 4.50. The Hall–Kier alpha value is -1.64. The molecule has 1 aromatic heterocycles. The number of anilines is 1. The van der Waals surface area contributed by atoms with Gasteiger partial charge in [0.1, 0.15) is 17.0 Å². The lowest BCUT2D eigenvalue weighted by atomic mass is 10.2. The summed E-state index contributed by atoms with van der Waals surface area (Å²) in [6.45, 7) is 1.96. The van der Waals surface area contributed by atoms with Gasteiger partial charge in [0.15, 0.2) is 0 Å². The van der Waals surface area contributed by atoms with Gasteiger partial charge < -0.3 is 10.3 Å². The van der Waals surface area contributed by atoms with Gasteiger partial charge in [0.25, 0.3) is 0 Å². The number of nitrogens with one attached hydrogen (secondary N) is 1. The molecule has 0 aliphatic rings. The van der Waals surface area contributed by atoms with Crippen LogP contribution in [0.25, 0.3) is 0 Å². The van der Waals surface area contributed by atoms with Gasteiger partial charge >= 0.3 is 0 Å². The normalized spacial score (nSPS) is 11.8. The highest BCUT2D eigenvalue weighted by Crippen LogP contribution is 2.26. The first kappa shape index (κ1) is 15.7. The highest BCUT2D eigenvalue weighted by atomic mass is 35.5. The summed E-state index contributed by atoms with van der Waals surface area (Å²) in [5, 5.41) is 7.76. The second-order valence-corrected chi connectivity index (χ2v) is 6.79. The quantitative estimate of drug-likeness (QED) is 0.793. The maximum atomic E-state index is 12.2. The maximum absolute atomic E-state index is 12.2. The molecule has 0 bridgehead atoms. The minimum atomic E-state index is -3.72. The summed E-state index contributed by atoms with van der Waals surface area (Å²) in [5.74, 6) is 0.687. The Bertz CT molecular complexity index is 757. The smallest absolute Gasteiger partial charge is 0.242 e. The van der Waals surface area contributed by atoms with E-state index in [2.05, 4.69) is 14.9 Å². The minimum absolute atomic E-state index is 0.0229. The summed E-state index contributed by atoms with van der Waals surface area (Å²) in [5.41, 5.74) is 6.86. The third-order valence-electron chi connectivity index (χ3n) is 3.06. The fourth-order valence-corrected chi connectivity index (χ4v) is 3.43. The molecule has 2 aromatic rings. The van der Waals surface area contributed by atoms with Crippen LogP contribution in [0.2, 0.25) is 5.02 Å². The third kappa shape index (κ3) is 3.52. The number of aromatic nitrogens is 3. The van der Waals surface area contributed by atoms with Crippen molar-refractivity contribution in [3.05, 3.63) is 34.9 Å². The maximum Gasteiger partial charge on any atom is 0.242 e. The predicted octanol–water partition coefficient (Wildman–Crippen LogP) is 0.880. The number of hydrogen-bond donors (Lipinski definition) is 2. The van der Waals surface area contributed by atoms with Gasteiger partial charge in [-0.3, -0.25) is 0 Å². The molecule has 1 aromatic carbocycles. The van der Waals surface area contributed by atoms with E-state index in [0.29, 0.717) is 17.9 Å². The Labute approximate surface area is 128 Å². The fraction of sp³-hybridized carbons (Fsp3) is 0.333. The Balaban J connectivity index is 2.12. The topological polar surface area (TPSA) is 103 Å². The third-order valence-corrected chi connectivity index (χ3v) is 4.98. The van der Waals surface area contributed by atoms with Crippen LogP contribution >= 0.6 is 11.6 Å². The fourth-order valence-electron chi connectivity index (χ4n) is 1.78. The van der Waals surface area contributed by atoms with Gasteiger partial charge in [0.05, 0.1) is 5.02 Å². The molecule has 3 N–H and O–H groups in total. The predicted molar refractivity (Wildman–Crippen MR) is 80.5 cm³/mol. The van der Waals surface area contributed by atoms with Crippen LogP contribution in [0, 0.1) is 6.92 Å².